The van der Waals surface area contributed by atoms with E-state index in [2.05, 4.69) is 34.5 Å². The van der Waals surface area contributed by atoms with Crippen LogP contribution in [-0.2, 0) is 16.1 Å². The van der Waals surface area contributed by atoms with Crippen molar-refractivity contribution < 1.29 is 14.3 Å². The standard InChI is InChI=1S/C23H28N2O3/c1-2-27-21-11-8-19(9-12-21)10-13-23(26)24-16-22-18-25(14-15-28-22)17-20-6-4-3-5-7-20/h3-13,22H,2,14-18H2,1H3,(H,24,26). The van der Waals surface area contributed by atoms with Gasteiger partial charge in [0.25, 0.3) is 0 Å². The maximum Gasteiger partial charge on any atom is 0.244 e. The van der Waals surface area contributed by atoms with Crippen molar-refractivity contribution in [1.29, 1.82) is 0 Å². The molecule has 1 fully saturated rings. The molecule has 0 aliphatic carbocycles. The van der Waals surface area contributed by atoms with Crippen LogP contribution in [0.5, 0.6) is 5.75 Å². The van der Waals surface area contributed by atoms with Gasteiger partial charge in [-0.3, -0.25) is 9.69 Å². The SMILES string of the molecule is CCOc1ccc(C=CC(=O)NCC2CN(Cc3ccccc3)CCO2)cc1. The second kappa shape index (κ2) is 10.6. The van der Waals surface area contributed by atoms with E-state index in [1.54, 1.807) is 12.2 Å². The Balaban J connectivity index is 1.42. The second-order valence-corrected chi connectivity index (χ2v) is 6.79. The molecular formula is C23H28N2O3. The van der Waals surface area contributed by atoms with Gasteiger partial charge in [0.15, 0.2) is 0 Å². The van der Waals surface area contributed by atoms with Crippen LogP contribution in [0.15, 0.2) is 60.7 Å². The lowest BCUT2D eigenvalue weighted by Gasteiger charge is -2.33. The molecular weight excluding hydrogens is 352 g/mol. The summed E-state index contributed by atoms with van der Waals surface area (Å²) >= 11 is 0. The summed E-state index contributed by atoms with van der Waals surface area (Å²) in [5.41, 5.74) is 2.26. The highest BCUT2D eigenvalue weighted by Crippen LogP contribution is 2.13. The summed E-state index contributed by atoms with van der Waals surface area (Å²) in [6, 6.07) is 18.1. The van der Waals surface area contributed by atoms with Crippen LogP contribution in [0.2, 0.25) is 0 Å². The first-order valence-electron chi connectivity index (χ1n) is 9.79. The quantitative estimate of drug-likeness (QED) is 0.715. The number of nitrogens with one attached hydrogen (secondary N) is 1. The molecule has 1 heterocycles. The molecule has 2 aromatic rings. The van der Waals surface area contributed by atoms with Gasteiger partial charge in [0.1, 0.15) is 5.75 Å². The lowest BCUT2D eigenvalue weighted by molar-refractivity contribution is -0.117. The summed E-state index contributed by atoms with van der Waals surface area (Å²) in [6.45, 7) is 6.44. The molecule has 28 heavy (non-hydrogen) atoms. The van der Waals surface area contributed by atoms with Gasteiger partial charge < -0.3 is 14.8 Å². The van der Waals surface area contributed by atoms with E-state index in [0.717, 1.165) is 30.9 Å². The van der Waals surface area contributed by atoms with E-state index in [1.165, 1.54) is 5.56 Å². The van der Waals surface area contributed by atoms with Gasteiger partial charge in [0, 0.05) is 32.3 Å². The molecule has 3 rings (SSSR count). The molecule has 1 amide bonds. The van der Waals surface area contributed by atoms with Crippen LogP contribution in [0.4, 0.5) is 0 Å². The Hall–Kier alpha value is -2.63. The molecule has 1 saturated heterocycles. The average molecular weight is 380 g/mol. The van der Waals surface area contributed by atoms with E-state index in [4.69, 9.17) is 9.47 Å². The van der Waals surface area contributed by atoms with Crippen LogP contribution in [0.25, 0.3) is 6.08 Å². The Bertz CT molecular complexity index is 759. The maximum atomic E-state index is 12.1. The average Bonchev–Trinajstić information content (AvgIpc) is 2.73. The van der Waals surface area contributed by atoms with E-state index in [1.807, 2.05) is 37.3 Å². The zero-order valence-electron chi connectivity index (χ0n) is 16.3. The Morgan fingerprint density at radius 3 is 2.75 bits per heavy atom. The largest absolute Gasteiger partial charge is 0.494 e. The third-order valence-electron chi connectivity index (χ3n) is 4.59. The molecule has 0 radical (unpaired) electrons. The number of benzene rings is 2. The van der Waals surface area contributed by atoms with Crippen LogP contribution in [-0.4, -0.2) is 49.8 Å². The van der Waals surface area contributed by atoms with Crippen molar-refractivity contribution >= 4 is 12.0 Å². The topological polar surface area (TPSA) is 50.8 Å². The summed E-state index contributed by atoms with van der Waals surface area (Å²) in [6.07, 6.45) is 3.37. The molecule has 148 valence electrons. The van der Waals surface area contributed by atoms with Crippen molar-refractivity contribution in [2.24, 2.45) is 0 Å². The van der Waals surface area contributed by atoms with E-state index in [9.17, 15) is 4.79 Å². The molecule has 1 atom stereocenters. The van der Waals surface area contributed by atoms with Crippen LogP contribution >= 0.6 is 0 Å². The number of morpholine rings is 1. The number of amides is 1. The molecule has 1 N–H and O–H groups in total. The van der Waals surface area contributed by atoms with Crippen molar-refractivity contribution in [1.82, 2.24) is 10.2 Å². The minimum Gasteiger partial charge on any atom is -0.494 e. The van der Waals surface area contributed by atoms with Gasteiger partial charge in [0.2, 0.25) is 5.91 Å². The predicted molar refractivity (Wildman–Crippen MR) is 111 cm³/mol. The van der Waals surface area contributed by atoms with Crippen molar-refractivity contribution in [2.45, 2.75) is 19.6 Å². The third kappa shape index (κ3) is 6.51. The maximum absolute atomic E-state index is 12.1. The monoisotopic (exact) mass is 380 g/mol. The highest BCUT2D eigenvalue weighted by Gasteiger charge is 2.20. The van der Waals surface area contributed by atoms with Crippen LogP contribution < -0.4 is 10.1 Å². The summed E-state index contributed by atoms with van der Waals surface area (Å²) in [5.74, 6) is 0.719. The Morgan fingerprint density at radius 1 is 1.21 bits per heavy atom. The van der Waals surface area contributed by atoms with Crippen molar-refractivity contribution in [3.05, 3.63) is 71.8 Å². The van der Waals surface area contributed by atoms with Gasteiger partial charge >= 0.3 is 0 Å². The van der Waals surface area contributed by atoms with Crippen molar-refractivity contribution in [2.75, 3.05) is 32.8 Å². The number of carbonyl (C=O) groups excluding carboxylic acids is 1. The predicted octanol–water partition coefficient (Wildman–Crippen LogP) is 3.12. The lowest BCUT2D eigenvalue weighted by atomic mass is 10.2. The zero-order valence-corrected chi connectivity index (χ0v) is 16.3. The Morgan fingerprint density at radius 2 is 2.00 bits per heavy atom. The molecule has 0 bridgehead atoms. The van der Waals surface area contributed by atoms with Crippen LogP contribution in [0.3, 0.4) is 0 Å². The molecule has 5 heteroatoms. The molecule has 0 spiro atoms. The van der Waals surface area contributed by atoms with Gasteiger partial charge in [-0.05, 0) is 36.3 Å². The highest BCUT2D eigenvalue weighted by molar-refractivity contribution is 5.91. The number of rotatable bonds is 8. The molecule has 5 nitrogen and oxygen atoms in total. The second-order valence-electron chi connectivity index (χ2n) is 6.79. The van der Waals surface area contributed by atoms with E-state index in [-0.39, 0.29) is 12.0 Å². The molecule has 2 aromatic carbocycles. The number of hydrogen-bond donors (Lipinski definition) is 1. The van der Waals surface area contributed by atoms with E-state index < -0.39 is 0 Å². The fraction of sp³-hybridized carbons (Fsp3) is 0.348. The highest BCUT2D eigenvalue weighted by atomic mass is 16.5. The smallest absolute Gasteiger partial charge is 0.244 e. The van der Waals surface area contributed by atoms with Gasteiger partial charge in [-0.25, -0.2) is 0 Å². The van der Waals surface area contributed by atoms with E-state index in [0.29, 0.717) is 19.8 Å². The fourth-order valence-electron chi connectivity index (χ4n) is 3.18. The summed E-state index contributed by atoms with van der Waals surface area (Å²) < 4.78 is 11.2. The summed E-state index contributed by atoms with van der Waals surface area (Å²) in [4.78, 5) is 14.5. The normalized spacial score (nSPS) is 17.5. The first-order chi connectivity index (χ1) is 13.7. The number of ether oxygens (including phenoxy) is 2. The third-order valence-corrected chi connectivity index (χ3v) is 4.59. The van der Waals surface area contributed by atoms with Crippen molar-refractivity contribution in [3.63, 3.8) is 0 Å². The molecule has 1 unspecified atom stereocenters. The molecule has 1 aliphatic heterocycles. The molecule has 0 saturated carbocycles. The van der Waals surface area contributed by atoms with E-state index >= 15 is 0 Å². The number of hydrogen-bond acceptors (Lipinski definition) is 4. The van der Waals surface area contributed by atoms with Gasteiger partial charge in [-0.15, -0.1) is 0 Å². The minimum atomic E-state index is -0.113. The van der Waals surface area contributed by atoms with Gasteiger partial charge in [-0.2, -0.15) is 0 Å². The summed E-state index contributed by atoms with van der Waals surface area (Å²) in [7, 11) is 0. The minimum absolute atomic E-state index is 0.0142. The summed E-state index contributed by atoms with van der Waals surface area (Å²) in [5, 5.41) is 2.94. The van der Waals surface area contributed by atoms with Gasteiger partial charge in [-0.1, -0.05) is 42.5 Å². The zero-order chi connectivity index (χ0) is 19.6. The fourth-order valence-corrected chi connectivity index (χ4v) is 3.18. The lowest BCUT2D eigenvalue weighted by Crippen LogP contribution is -2.46. The Labute approximate surface area is 167 Å². The van der Waals surface area contributed by atoms with Crippen LogP contribution in [0.1, 0.15) is 18.1 Å². The molecule has 1 aliphatic rings. The first kappa shape index (κ1) is 20.1. The van der Waals surface area contributed by atoms with Gasteiger partial charge in [0.05, 0.1) is 19.3 Å². The first-order valence-corrected chi connectivity index (χ1v) is 9.79. The van der Waals surface area contributed by atoms with Crippen molar-refractivity contribution in [3.8, 4) is 5.75 Å². The number of carbonyl (C=O) groups is 1. The molecule has 0 aromatic heterocycles. The number of nitrogens with zero attached hydrogens (tertiary/aromatic N) is 1. The Kier molecular flexibility index (Phi) is 7.64. The van der Waals surface area contributed by atoms with Crippen LogP contribution in [0, 0.1) is 0 Å².